The van der Waals surface area contributed by atoms with E-state index in [2.05, 4.69) is 15.7 Å². The van der Waals surface area contributed by atoms with Crippen molar-refractivity contribution in [3.05, 3.63) is 12.3 Å². The van der Waals surface area contributed by atoms with E-state index in [1.807, 2.05) is 24.0 Å². The molecule has 3 rings (SSSR count). The highest BCUT2D eigenvalue weighted by atomic mass is 15.3. The van der Waals surface area contributed by atoms with Gasteiger partial charge < -0.3 is 10.6 Å². The lowest BCUT2D eigenvalue weighted by atomic mass is 9.78. The van der Waals surface area contributed by atoms with E-state index in [1.54, 1.807) is 0 Å². The Morgan fingerprint density at radius 3 is 3.06 bits per heavy atom. The topological polar surface area (TPSA) is 41.9 Å². The fourth-order valence-corrected chi connectivity index (χ4v) is 3.51. The molecule has 100 valence electrons. The smallest absolute Gasteiger partial charge is 0.123 e. The Kier molecular flexibility index (Phi) is 3.55. The number of piperidine rings is 1. The summed E-state index contributed by atoms with van der Waals surface area (Å²) in [4.78, 5) is 0. The maximum absolute atomic E-state index is 4.18. The molecule has 18 heavy (non-hydrogen) atoms. The highest BCUT2D eigenvalue weighted by Gasteiger charge is 2.31. The van der Waals surface area contributed by atoms with Crippen LogP contribution in [0.1, 0.15) is 38.5 Å². The van der Waals surface area contributed by atoms with Gasteiger partial charge in [0.25, 0.3) is 0 Å². The van der Waals surface area contributed by atoms with Crippen molar-refractivity contribution < 1.29 is 0 Å². The van der Waals surface area contributed by atoms with Crippen LogP contribution in [0.3, 0.4) is 0 Å². The normalized spacial score (nSPS) is 31.9. The van der Waals surface area contributed by atoms with E-state index in [0.717, 1.165) is 24.3 Å². The molecule has 3 atom stereocenters. The minimum Gasteiger partial charge on any atom is -0.369 e. The quantitative estimate of drug-likeness (QED) is 0.861. The van der Waals surface area contributed by atoms with Gasteiger partial charge in [-0.05, 0) is 31.6 Å². The molecule has 4 nitrogen and oxygen atoms in total. The van der Waals surface area contributed by atoms with Crippen molar-refractivity contribution in [2.24, 2.45) is 13.0 Å². The third-order valence-corrected chi connectivity index (χ3v) is 4.60. The number of nitrogens with zero attached hydrogens (tertiary/aromatic N) is 2. The lowest BCUT2D eigenvalue weighted by Crippen LogP contribution is -2.51. The third kappa shape index (κ3) is 2.53. The van der Waals surface area contributed by atoms with Crippen LogP contribution in [-0.2, 0) is 7.05 Å². The van der Waals surface area contributed by atoms with Gasteiger partial charge in [0.2, 0.25) is 0 Å². The second kappa shape index (κ2) is 5.31. The van der Waals surface area contributed by atoms with Crippen LogP contribution in [0.4, 0.5) is 5.82 Å². The SMILES string of the molecule is Cn1nccc1NCC1CCC2CCCCC2N1. The number of hydrogen-bond donors (Lipinski definition) is 2. The van der Waals surface area contributed by atoms with Gasteiger partial charge in [0.1, 0.15) is 5.82 Å². The van der Waals surface area contributed by atoms with Crippen LogP contribution in [0.5, 0.6) is 0 Å². The van der Waals surface area contributed by atoms with Crippen LogP contribution in [0.15, 0.2) is 12.3 Å². The van der Waals surface area contributed by atoms with Crippen LogP contribution >= 0.6 is 0 Å². The average molecular weight is 248 g/mol. The molecule has 2 N–H and O–H groups in total. The lowest BCUT2D eigenvalue weighted by molar-refractivity contribution is 0.180. The number of nitrogens with one attached hydrogen (secondary N) is 2. The summed E-state index contributed by atoms with van der Waals surface area (Å²) in [5, 5.41) is 11.5. The average Bonchev–Trinajstić information content (AvgIpc) is 2.82. The van der Waals surface area contributed by atoms with Gasteiger partial charge >= 0.3 is 0 Å². The van der Waals surface area contributed by atoms with E-state index in [1.165, 1.54) is 38.5 Å². The minimum absolute atomic E-state index is 0.624. The molecule has 1 saturated carbocycles. The van der Waals surface area contributed by atoms with Crippen molar-refractivity contribution in [1.82, 2.24) is 15.1 Å². The summed E-state index contributed by atoms with van der Waals surface area (Å²) in [6.07, 6.45) is 10.2. The molecule has 1 aromatic rings. The second-order valence-corrected chi connectivity index (χ2v) is 5.81. The molecular formula is C14H24N4. The van der Waals surface area contributed by atoms with Crippen molar-refractivity contribution in [3.8, 4) is 0 Å². The zero-order valence-corrected chi connectivity index (χ0v) is 11.2. The zero-order valence-electron chi connectivity index (χ0n) is 11.2. The summed E-state index contributed by atoms with van der Waals surface area (Å²) < 4.78 is 1.90. The highest BCUT2D eigenvalue weighted by molar-refractivity contribution is 5.33. The fourth-order valence-electron chi connectivity index (χ4n) is 3.51. The van der Waals surface area contributed by atoms with Gasteiger partial charge in [-0.2, -0.15) is 5.10 Å². The maximum atomic E-state index is 4.18. The maximum Gasteiger partial charge on any atom is 0.123 e. The summed E-state index contributed by atoms with van der Waals surface area (Å²) in [5.74, 6) is 2.06. The number of aryl methyl sites for hydroxylation is 1. The van der Waals surface area contributed by atoms with Crippen molar-refractivity contribution in [1.29, 1.82) is 0 Å². The van der Waals surface area contributed by atoms with E-state index < -0.39 is 0 Å². The Hall–Kier alpha value is -1.03. The van der Waals surface area contributed by atoms with Crippen LogP contribution in [0.2, 0.25) is 0 Å². The van der Waals surface area contributed by atoms with Gasteiger partial charge in [-0.25, -0.2) is 0 Å². The van der Waals surface area contributed by atoms with Crippen LogP contribution in [0, 0.1) is 5.92 Å². The highest BCUT2D eigenvalue weighted by Crippen LogP contribution is 2.32. The molecule has 1 saturated heterocycles. The molecule has 0 amide bonds. The molecule has 1 aliphatic carbocycles. The first-order chi connectivity index (χ1) is 8.83. The van der Waals surface area contributed by atoms with Gasteiger partial charge in [-0.3, -0.25) is 4.68 Å². The van der Waals surface area contributed by atoms with Gasteiger partial charge in [-0.15, -0.1) is 0 Å². The second-order valence-electron chi connectivity index (χ2n) is 5.81. The van der Waals surface area contributed by atoms with E-state index in [4.69, 9.17) is 0 Å². The Balaban J connectivity index is 1.50. The molecule has 2 fully saturated rings. The molecular weight excluding hydrogens is 224 g/mol. The van der Waals surface area contributed by atoms with Gasteiger partial charge in [0.15, 0.2) is 0 Å². The summed E-state index contributed by atoms with van der Waals surface area (Å²) in [6, 6.07) is 3.44. The molecule has 3 unspecified atom stereocenters. The Morgan fingerprint density at radius 1 is 1.33 bits per heavy atom. The van der Waals surface area contributed by atoms with Gasteiger partial charge in [-0.1, -0.05) is 12.8 Å². The van der Waals surface area contributed by atoms with Crippen molar-refractivity contribution in [2.75, 3.05) is 11.9 Å². The van der Waals surface area contributed by atoms with E-state index in [9.17, 15) is 0 Å². The van der Waals surface area contributed by atoms with Crippen molar-refractivity contribution >= 4 is 5.82 Å². The van der Waals surface area contributed by atoms with Crippen molar-refractivity contribution in [2.45, 2.75) is 50.6 Å². The molecule has 2 aliphatic rings. The number of rotatable bonds is 3. The molecule has 4 heteroatoms. The summed E-state index contributed by atoms with van der Waals surface area (Å²) >= 11 is 0. The molecule has 1 aromatic heterocycles. The third-order valence-electron chi connectivity index (χ3n) is 4.60. The monoisotopic (exact) mass is 248 g/mol. The van der Waals surface area contributed by atoms with Gasteiger partial charge in [0.05, 0.1) is 6.20 Å². The van der Waals surface area contributed by atoms with Gasteiger partial charge in [0, 0.05) is 31.7 Å². The molecule has 1 aliphatic heterocycles. The molecule has 0 bridgehead atoms. The largest absolute Gasteiger partial charge is 0.369 e. The Bertz CT molecular complexity index is 387. The predicted octanol–water partition coefficient (Wildman–Crippen LogP) is 2.14. The van der Waals surface area contributed by atoms with E-state index in [0.29, 0.717) is 6.04 Å². The summed E-state index contributed by atoms with van der Waals surface area (Å²) in [6.45, 7) is 1.02. The summed E-state index contributed by atoms with van der Waals surface area (Å²) in [5.41, 5.74) is 0. The molecule has 0 radical (unpaired) electrons. The minimum atomic E-state index is 0.624. The molecule has 0 aromatic carbocycles. The molecule has 2 heterocycles. The zero-order chi connectivity index (χ0) is 12.4. The Labute approximate surface area is 109 Å². The first-order valence-corrected chi connectivity index (χ1v) is 7.31. The van der Waals surface area contributed by atoms with Crippen molar-refractivity contribution in [3.63, 3.8) is 0 Å². The number of fused-ring (bicyclic) bond motifs is 1. The van der Waals surface area contributed by atoms with E-state index >= 15 is 0 Å². The van der Waals surface area contributed by atoms with Crippen LogP contribution < -0.4 is 10.6 Å². The fraction of sp³-hybridized carbons (Fsp3) is 0.786. The number of anilines is 1. The lowest BCUT2D eigenvalue weighted by Gasteiger charge is -2.40. The first kappa shape index (κ1) is 12.0. The first-order valence-electron chi connectivity index (χ1n) is 7.31. The summed E-state index contributed by atoms with van der Waals surface area (Å²) in [7, 11) is 1.98. The number of hydrogen-bond acceptors (Lipinski definition) is 3. The molecule has 0 spiro atoms. The standard InChI is InChI=1S/C14H24N4/c1-18-14(8-9-16-18)15-10-12-7-6-11-4-2-3-5-13(11)17-12/h8-9,11-13,15,17H,2-7,10H2,1H3. The van der Waals surface area contributed by atoms with Crippen LogP contribution in [-0.4, -0.2) is 28.4 Å². The van der Waals surface area contributed by atoms with Crippen LogP contribution in [0.25, 0.3) is 0 Å². The van der Waals surface area contributed by atoms with E-state index in [-0.39, 0.29) is 0 Å². The number of aromatic nitrogens is 2. The predicted molar refractivity (Wildman–Crippen MR) is 73.6 cm³/mol. The Morgan fingerprint density at radius 2 is 2.22 bits per heavy atom.